The molecule has 1 unspecified atom stereocenters. The molecule has 0 aliphatic rings. The quantitative estimate of drug-likeness (QED) is 0.863. The number of anilines is 1. The van der Waals surface area contributed by atoms with Crippen molar-refractivity contribution in [2.75, 3.05) is 5.32 Å². The molecule has 1 rings (SSSR count). The molecule has 3 nitrogen and oxygen atoms in total. The summed E-state index contributed by atoms with van der Waals surface area (Å²) in [5.41, 5.74) is -4.85. The third-order valence-electron chi connectivity index (χ3n) is 2.10. The molecule has 0 saturated carbocycles. The van der Waals surface area contributed by atoms with Gasteiger partial charge in [-0.25, -0.2) is 8.42 Å². The van der Waals surface area contributed by atoms with Crippen molar-refractivity contribution in [1.29, 1.82) is 0 Å². The third-order valence-corrected chi connectivity index (χ3v) is 3.60. The summed E-state index contributed by atoms with van der Waals surface area (Å²) in [6.45, 7) is 1.68. The molecule has 0 heterocycles. The Balaban J connectivity index is 3.02. The molecule has 0 aliphatic heterocycles. The summed E-state index contributed by atoms with van der Waals surface area (Å²) in [7, 11) is -5.30. The van der Waals surface area contributed by atoms with Crippen LogP contribution in [0, 0.1) is 12.3 Å². The van der Waals surface area contributed by atoms with E-state index in [0.29, 0.717) is 5.69 Å². The molecule has 7 heteroatoms. The van der Waals surface area contributed by atoms with Gasteiger partial charge in [-0.05, 0) is 31.2 Å². The van der Waals surface area contributed by atoms with Crippen LogP contribution in [0.4, 0.5) is 18.9 Å². The van der Waals surface area contributed by atoms with Crippen molar-refractivity contribution in [2.45, 2.75) is 23.4 Å². The zero-order chi connectivity index (χ0) is 14.0. The minimum atomic E-state index is -5.30. The molecule has 0 bridgehead atoms. The number of alkyl halides is 3. The largest absolute Gasteiger partial charge is 0.501 e. The lowest BCUT2D eigenvalue weighted by atomic mass is 10.3. The topological polar surface area (TPSA) is 46.2 Å². The number of halogens is 3. The van der Waals surface area contributed by atoms with Crippen LogP contribution in [0.3, 0.4) is 0 Å². The van der Waals surface area contributed by atoms with Gasteiger partial charge in [0.1, 0.15) is 0 Å². The molecule has 1 aromatic carbocycles. The maximum atomic E-state index is 12.3. The van der Waals surface area contributed by atoms with Crippen LogP contribution in [0.1, 0.15) is 6.92 Å². The van der Waals surface area contributed by atoms with Crippen molar-refractivity contribution < 1.29 is 21.6 Å². The Hall–Kier alpha value is -1.68. The molecule has 0 aliphatic carbocycles. The molecule has 0 aromatic heterocycles. The third kappa shape index (κ3) is 2.96. The summed E-state index contributed by atoms with van der Waals surface area (Å²) in [6.07, 6.45) is 5.12. The van der Waals surface area contributed by atoms with Crippen LogP contribution >= 0.6 is 0 Å². The van der Waals surface area contributed by atoms with Gasteiger partial charge < -0.3 is 5.32 Å². The van der Waals surface area contributed by atoms with Gasteiger partial charge in [-0.1, -0.05) is 5.92 Å². The van der Waals surface area contributed by atoms with Crippen LogP contribution in [0.2, 0.25) is 0 Å². The Bertz CT molecular complexity index is 555. The van der Waals surface area contributed by atoms with Gasteiger partial charge >= 0.3 is 5.51 Å². The number of hydrogen-bond donors (Lipinski definition) is 1. The van der Waals surface area contributed by atoms with E-state index in [1.807, 2.05) is 0 Å². The molecule has 0 spiro atoms. The van der Waals surface area contributed by atoms with Gasteiger partial charge in [0, 0.05) is 5.69 Å². The van der Waals surface area contributed by atoms with Crippen LogP contribution < -0.4 is 5.32 Å². The average molecular weight is 277 g/mol. The molecule has 0 radical (unpaired) electrons. The fraction of sp³-hybridized carbons (Fsp3) is 0.273. The highest BCUT2D eigenvalue weighted by atomic mass is 32.2. The average Bonchev–Trinajstić information content (AvgIpc) is 2.28. The summed E-state index contributed by atoms with van der Waals surface area (Å²) >= 11 is 0. The van der Waals surface area contributed by atoms with Crippen LogP contribution in [0.25, 0.3) is 0 Å². The zero-order valence-electron chi connectivity index (χ0n) is 9.32. The second-order valence-corrected chi connectivity index (χ2v) is 5.45. The number of nitrogens with one attached hydrogen (secondary N) is 1. The van der Waals surface area contributed by atoms with Crippen molar-refractivity contribution in [2.24, 2.45) is 0 Å². The molecule has 1 aromatic rings. The Labute approximate surface area is 103 Å². The number of sulfone groups is 1. The standard InChI is InChI=1S/C11H10F3NO2S/c1-3-8(2)15-9-4-6-10(7-5-9)18(16,17)11(12,13)14/h1,4-8,15H,2H3. The monoisotopic (exact) mass is 277 g/mol. The highest BCUT2D eigenvalue weighted by Crippen LogP contribution is 2.30. The van der Waals surface area contributed by atoms with Crippen molar-refractivity contribution in [3.05, 3.63) is 24.3 Å². The molecule has 0 saturated heterocycles. The molecule has 1 atom stereocenters. The number of benzene rings is 1. The summed E-state index contributed by atoms with van der Waals surface area (Å²) in [6, 6.07) is 3.91. The molecule has 0 amide bonds. The van der Waals surface area contributed by atoms with Crippen LogP contribution in [0.15, 0.2) is 29.2 Å². The molecular weight excluding hydrogens is 267 g/mol. The molecule has 18 heavy (non-hydrogen) atoms. The minimum absolute atomic E-state index is 0.310. The Morgan fingerprint density at radius 3 is 2.17 bits per heavy atom. The Morgan fingerprint density at radius 2 is 1.78 bits per heavy atom. The van der Waals surface area contributed by atoms with Gasteiger partial charge in [0.05, 0.1) is 10.9 Å². The smallest absolute Gasteiger partial charge is 0.372 e. The fourth-order valence-corrected chi connectivity index (χ4v) is 1.92. The lowest BCUT2D eigenvalue weighted by Crippen LogP contribution is -2.23. The van der Waals surface area contributed by atoms with E-state index in [1.165, 1.54) is 12.1 Å². The maximum absolute atomic E-state index is 12.3. The summed E-state index contributed by atoms with van der Waals surface area (Å²) in [5.74, 6) is 2.37. The second kappa shape index (κ2) is 4.90. The first-order valence-corrected chi connectivity index (χ1v) is 6.31. The summed E-state index contributed by atoms with van der Waals surface area (Å²) in [4.78, 5) is -0.797. The van der Waals surface area contributed by atoms with E-state index >= 15 is 0 Å². The highest BCUT2D eigenvalue weighted by Gasteiger charge is 2.46. The van der Waals surface area contributed by atoms with Crippen molar-refractivity contribution in [3.8, 4) is 12.3 Å². The van der Waals surface area contributed by atoms with Gasteiger partial charge in [0.25, 0.3) is 9.84 Å². The first-order valence-electron chi connectivity index (χ1n) is 4.82. The van der Waals surface area contributed by atoms with E-state index < -0.39 is 20.2 Å². The predicted molar refractivity (Wildman–Crippen MR) is 61.6 cm³/mol. The van der Waals surface area contributed by atoms with E-state index in [1.54, 1.807) is 6.92 Å². The van der Waals surface area contributed by atoms with E-state index in [2.05, 4.69) is 11.2 Å². The van der Waals surface area contributed by atoms with Gasteiger partial charge in [0.15, 0.2) is 0 Å². The fourth-order valence-electron chi connectivity index (χ4n) is 1.16. The molecular formula is C11H10F3NO2S. The van der Waals surface area contributed by atoms with Crippen molar-refractivity contribution in [3.63, 3.8) is 0 Å². The molecule has 98 valence electrons. The van der Waals surface area contributed by atoms with Crippen LogP contribution in [0.5, 0.6) is 0 Å². The molecule has 0 fully saturated rings. The highest BCUT2D eigenvalue weighted by molar-refractivity contribution is 7.92. The SMILES string of the molecule is C#CC(C)Nc1ccc(S(=O)(=O)C(F)(F)F)cc1. The minimum Gasteiger partial charge on any atom is -0.372 e. The second-order valence-electron chi connectivity index (χ2n) is 3.51. The van der Waals surface area contributed by atoms with E-state index in [9.17, 15) is 21.6 Å². The van der Waals surface area contributed by atoms with Gasteiger partial charge in [0.2, 0.25) is 0 Å². The number of rotatable bonds is 3. The lowest BCUT2D eigenvalue weighted by molar-refractivity contribution is -0.0436. The van der Waals surface area contributed by atoms with E-state index in [0.717, 1.165) is 12.1 Å². The Morgan fingerprint density at radius 1 is 1.28 bits per heavy atom. The zero-order valence-corrected chi connectivity index (χ0v) is 10.1. The van der Waals surface area contributed by atoms with Gasteiger partial charge in [-0.2, -0.15) is 13.2 Å². The first-order chi connectivity index (χ1) is 8.18. The summed E-state index contributed by atoms with van der Waals surface area (Å²) < 4.78 is 58.9. The van der Waals surface area contributed by atoms with Crippen LogP contribution in [-0.2, 0) is 9.84 Å². The predicted octanol–water partition coefficient (Wildman–Crippen LogP) is 2.41. The first kappa shape index (κ1) is 14.4. The summed E-state index contributed by atoms with van der Waals surface area (Å²) in [5, 5.41) is 2.80. The molecule has 1 N–H and O–H groups in total. The number of terminal acetylenes is 1. The number of hydrogen-bond acceptors (Lipinski definition) is 3. The van der Waals surface area contributed by atoms with Crippen LogP contribution in [-0.4, -0.2) is 20.0 Å². The maximum Gasteiger partial charge on any atom is 0.501 e. The normalized spacial score (nSPS) is 13.7. The lowest BCUT2D eigenvalue weighted by Gasteiger charge is -2.11. The van der Waals surface area contributed by atoms with Gasteiger partial charge in [-0.3, -0.25) is 0 Å². The van der Waals surface area contributed by atoms with Crippen molar-refractivity contribution in [1.82, 2.24) is 0 Å². The van der Waals surface area contributed by atoms with Crippen molar-refractivity contribution >= 4 is 15.5 Å². The van der Waals surface area contributed by atoms with E-state index in [-0.39, 0.29) is 6.04 Å². The Kier molecular flexibility index (Phi) is 3.92. The van der Waals surface area contributed by atoms with E-state index in [4.69, 9.17) is 6.42 Å². The van der Waals surface area contributed by atoms with Gasteiger partial charge in [-0.15, -0.1) is 6.42 Å².